The smallest absolute Gasteiger partial charge is 0.255 e. The van der Waals surface area contributed by atoms with Crippen LogP contribution in [0, 0.1) is 5.82 Å². The molecule has 0 bridgehead atoms. The second kappa shape index (κ2) is 5.82. The maximum atomic E-state index is 13.6. The van der Waals surface area contributed by atoms with Crippen molar-refractivity contribution in [2.45, 2.75) is 26.2 Å². The first-order chi connectivity index (χ1) is 9.77. The van der Waals surface area contributed by atoms with Gasteiger partial charge in [0.05, 0.1) is 5.69 Å². The van der Waals surface area contributed by atoms with Gasteiger partial charge in [-0.05, 0) is 24.3 Å². The van der Waals surface area contributed by atoms with Crippen molar-refractivity contribution in [1.82, 2.24) is 4.98 Å². The Balaban J connectivity index is 2.32. The monoisotopic (exact) mass is 306 g/mol. The summed E-state index contributed by atoms with van der Waals surface area (Å²) in [5.74, 6) is -0.906. The zero-order chi connectivity index (χ0) is 15.6. The minimum atomic E-state index is -0.484. The van der Waals surface area contributed by atoms with Crippen LogP contribution < -0.4 is 5.32 Å². The number of benzene rings is 1. The third-order valence-corrected chi connectivity index (χ3v) is 3.14. The number of hydrogen-bond acceptors (Lipinski definition) is 2. The molecule has 1 amide bonds. The van der Waals surface area contributed by atoms with Gasteiger partial charge in [-0.2, -0.15) is 0 Å². The fourth-order valence-electron chi connectivity index (χ4n) is 1.77. The molecule has 0 aliphatic heterocycles. The van der Waals surface area contributed by atoms with Crippen molar-refractivity contribution in [3.63, 3.8) is 0 Å². The lowest BCUT2D eigenvalue weighted by molar-refractivity contribution is 0.102. The highest BCUT2D eigenvalue weighted by Gasteiger charge is 2.19. The molecule has 1 N–H and O–H groups in total. The van der Waals surface area contributed by atoms with E-state index in [-0.39, 0.29) is 16.3 Å². The van der Waals surface area contributed by atoms with Gasteiger partial charge in [0.2, 0.25) is 0 Å². The van der Waals surface area contributed by atoms with Crippen LogP contribution in [0.3, 0.4) is 0 Å². The zero-order valence-electron chi connectivity index (χ0n) is 12.1. The van der Waals surface area contributed by atoms with Crippen molar-refractivity contribution < 1.29 is 9.18 Å². The minimum Gasteiger partial charge on any atom is -0.319 e. The number of hydrogen-bond donors (Lipinski definition) is 1. The number of halogens is 2. The van der Waals surface area contributed by atoms with E-state index in [2.05, 4.69) is 10.3 Å². The van der Waals surface area contributed by atoms with Crippen molar-refractivity contribution in [3.8, 4) is 0 Å². The van der Waals surface area contributed by atoms with Crippen LogP contribution in [0.25, 0.3) is 0 Å². The average Bonchev–Trinajstić information content (AvgIpc) is 2.39. The van der Waals surface area contributed by atoms with Crippen molar-refractivity contribution in [2.24, 2.45) is 0 Å². The quantitative estimate of drug-likeness (QED) is 0.834. The lowest BCUT2D eigenvalue weighted by Gasteiger charge is -2.18. The number of carbonyl (C=O) groups is 1. The van der Waals surface area contributed by atoms with Crippen molar-refractivity contribution in [1.29, 1.82) is 0 Å². The first kappa shape index (κ1) is 15.4. The van der Waals surface area contributed by atoms with Crippen LogP contribution in [0.4, 0.5) is 10.1 Å². The number of carbonyl (C=O) groups excluding carboxylic acids is 1. The van der Waals surface area contributed by atoms with E-state index >= 15 is 0 Å². The van der Waals surface area contributed by atoms with Gasteiger partial charge in [0.25, 0.3) is 5.91 Å². The molecule has 0 unspecified atom stereocenters. The van der Waals surface area contributed by atoms with Crippen LogP contribution in [-0.2, 0) is 5.41 Å². The van der Waals surface area contributed by atoms with E-state index in [1.165, 1.54) is 18.2 Å². The third kappa shape index (κ3) is 3.79. The molecular formula is C16H16ClFN2O. The molecule has 0 aliphatic carbocycles. The van der Waals surface area contributed by atoms with Gasteiger partial charge < -0.3 is 5.32 Å². The Bertz CT molecular complexity index is 680. The second-order valence-electron chi connectivity index (χ2n) is 5.75. The molecular weight excluding hydrogens is 291 g/mol. The number of anilines is 1. The summed E-state index contributed by atoms with van der Waals surface area (Å²) in [5.41, 5.74) is 0.947. The molecule has 2 aromatic rings. The Morgan fingerprint density at radius 1 is 1.24 bits per heavy atom. The molecule has 0 atom stereocenters. The van der Waals surface area contributed by atoms with E-state index in [9.17, 15) is 9.18 Å². The Morgan fingerprint density at radius 3 is 2.52 bits per heavy atom. The predicted octanol–water partition coefficient (Wildman–Crippen LogP) is 4.42. The fourth-order valence-corrected chi connectivity index (χ4v) is 1.98. The van der Waals surface area contributed by atoms with Crippen LogP contribution in [0.15, 0.2) is 36.4 Å². The Labute approximate surface area is 128 Å². The van der Waals surface area contributed by atoms with E-state index < -0.39 is 11.7 Å². The minimum absolute atomic E-state index is 0.132. The van der Waals surface area contributed by atoms with Gasteiger partial charge in [0.1, 0.15) is 11.0 Å². The summed E-state index contributed by atoms with van der Waals surface area (Å²) in [5, 5.41) is 2.77. The van der Waals surface area contributed by atoms with E-state index in [1.807, 2.05) is 20.8 Å². The number of amides is 1. The molecule has 1 aromatic carbocycles. The molecule has 0 saturated heterocycles. The predicted molar refractivity (Wildman–Crippen MR) is 82.3 cm³/mol. The van der Waals surface area contributed by atoms with Crippen molar-refractivity contribution in [2.75, 3.05) is 5.32 Å². The van der Waals surface area contributed by atoms with Crippen molar-refractivity contribution >= 4 is 23.2 Å². The molecule has 110 valence electrons. The van der Waals surface area contributed by atoms with Crippen LogP contribution in [-0.4, -0.2) is 10.9 Å². The summed E-state index contributed by atoms with van der Waals surface area (Å²) in [6, 6.07) is 9.14. The number of aromatic nitrogens is 1. The molecule has 0 aliphatic rings. The standard InChI is InChI=1S/C16H16ClFN2O/c1-16(2,3)13-8-10(9-14(17)20-13)15(21)19-12-7-5-4-6-11(12)18/h4-9H,1-3H3,(H,19,21). The number of para-hydroxylation sites is 1. The van der Waals surface area contributed by atoms with E-state index in [1.54, 1.807) is 18.2 Å². The summed E-state index contributed by atoms with van der Waals surface area (Å²) in [6.07, 6.45) is 0. The number of nitrogens with one attached hydrogen (secondary N) is 1. The summed E-state index contributed by atoms with van der Waals surface area (Å²) in [6.45, 7) is 5.93. The van der Waals surface area contributed by atoms with E-state index in [0.717, 1.165) is 0 Å². The Morgan fingerprint density at radius 2 is 1.90 bits per heavy atom. The number of pyridine rings is 1. The van der Waals surface area contributed by atoms with Gasteiger partial charge in [0, 0.05) is 16.7 Å². The molecule has 3 nitrogen and oxygen atoms in total. The van der Waals surface area contributed by atoms with E-state index in [0.29, 0.717) is 11.3 Å². The molecule has 5 heteroatoms. The zero-order valence-corrected chi connectivity index (χ0v) is 12.8. The summed E-state index contributed by atoms with van der Waals surface area (Å²) >= 11 is 5.97. The molecule has 1 heterocycles. The summed E-state index contributed by atoms with van der Waals surface area (Å²) in [4.78, 5) is 16.5. The van der Waals surface area contributed by atoms with Gasteiger partial charge in [-0.3, -0.25) is 4.79 Å². The van der Waals surface area contributed by atoms with Crippen LogP contribution in [0.5, 0.6) is 0 Å². The highest BCUT2D eigenvalue weighted by Crippen LogP contribution is 2.24. The first-order valence-corrected chi connectivity index (χ1v) is 6.89. The van der Waals surface area contributed by atoms with Crippen LogP contribution >= 0.6 is 11.6 Å². The third-order valence-electron chi connectivity index (χ3n) is 2.95. The lowest BCUT2D eigenvalue weighted by Crippen LogP contribution is -2.18. The molecule has 0 fully saturated rings. The van der Waals surface area contributed by atoms with Crippen molar-refractivity contribution in [3.05, 3.63) is 58.6 Å². The molecule has 0 spiro atoms. The van der Waals surface area contributed by atoms with Gasteiger partial charge in [-0.15, -0.1) is 0 Å². The summed E-state index contributed by atoms with van der Waals surface area (Å²) in [7, 11) is 0. The maximum absolute atomic E-state index is 13.6. The molecule has 0 radical (unpaired) electrons. The topological polar surface area (TPSA) is 42.0 Å². The summed E-state index contributed by atoms with van der Waals surface area (Å²) < 4.78 is 13.6. The number of nitrogens with zero attached hydrogens (tertiary/aromatic N) is 1. The molecule has 2 rings (SSSR count). The molecule has 21 heavy (non-hydrogen) atoms. The first-order valence-electron chi connectivity index (χ1n) is 6.51. The van der Waals surface area contributed by atoms with Gasteiger partial charge in [-0.1, -0.05) is 44.5 Å². The SMILES string of the molecule is CC(C)(C)c1cc(C(=O)Nc2ccccc2F)cc(Cl)n1. The Hall–Kier alpha value is -1.94. The van der Waals surface area contributed by atoms with Crippen LogP contribution in [0.1, 0.15) is 36.8 Å². The van der Waals surface area contributed by atoms with E-state index in [4.69, 9.17) is 11.6 Å². The lowest BCUT2D eigenvalue weighted by atomic mass is 9.91. The largest absolute Gasteiger partial charge is 0.319 e. The normalized spacial score (nSPS) is 11.3. The average molecular weight is 307 g/mol. The van der Waals surface area contributed by atoms with Gasteiger partial charge >= 0.3 is 0 Å². The van der Waals surface area contributed by atoms with Gasteiger partial charge in [0.15, 0.2) is 0 Å². The fraction of sp³-hybridized carbons (Fsp3) is 0.250. The Kier molecular flexibility index (Phi) is 4.28. The molecule has 0 saturated carbocycles. The van der Waals surface area contributed by atoms with Crippen LogP contribution in [0.2, 0.25) is 5.15 Å². The highest BCUT2D eigenvalue weighted by molar-refractivity contribution is 6.29. The highest BCUT2D eigenvalue weighted by atomic mass is 35.5. The maximum Gasteiger partial charge on any atom is 0.255 e. The number of rotatable bonds is 2. The second-order valence-corrected chi connectivity index (χ2v) is 6.14. The molecule has 1 aromatic heterocycles. The van der Waals surface area contributed by atoms with Gasteiger partial charge in [-0.25, -0.2) is 9.37 Å².